The van der Waals surface area contributed by atoms with Gasteiger partial charge in [0.15, 0.2) is 19.9 Å². The Morgan fingerprint density at radius 2 is 2.00 bits per heavy atom. The van der Waals surface area contributed by atoms with Gasteiger partial charge < -0.3 is 19.5 Å². The zero-order valence-corrected chi connectivity index (χ0v) is 6.41. The summed E-state index contributed by atoms with van der Waals surface area (Å²) in [5.41, 5.74) is 0. The Balaban J connectivity index is 1.82. The average Bonchev–Trinajstić information content (AvgIpc) is 2.58. The van der Waals surface area contributed by atoms with Crippen molar-refractivity contribution >= 4 is 0 Å². The summed E-state index contributed by atoms with van der Waals surface area (Å²) in [7, 11) is 0. The van der Waals surface area contributed by atoms with E-state index in [0.717, 1.165) is 13.0 Å². The number of hydrogen-bond donors (Lipinski definition) is 1. The van der Waals surface area contributed by atoms with E-state index in [1.165, 1.54) is 6.42 Å². The number of ether oxygens (including phenoxy) is 3. The fourth-order valence-corrected chi connectivity index (χ4v) is 1.49. The molecule has 2 fully saturated rings. The van der Waals surface area contributed by atoms with Crippen LogP contribution in [0, 0.1) is 0 Å². The van der Waals surface area contributed by atoms with E-state index < -0.39 is 0 Å². The molecule has 2 aliphatic heterocycles. The Hall–Kier alpha value is -0.160. The Morgan fingerprint density at radius 1 is 1.18 bits per heavy atom. The van der Waals surface area contributed by atoms with Crippen LogP contribution in [0.2, 0.25) is 0 Å². The first-order valence-corrected chi connectivity index (χ1v) is 4.01. The van der Waals surface area contributed by atoms with Crippen LogP contribution in [-0.4, -0.2) is 32.5 Å². The van der Waals surface area contributed by atoms with E-state index in [2.05, 4.69) is 5.32 Å². The smallest absolute Gasteiger partial charge is 0.178 e. The molecule has 1 atom stereocenters. The lowest BCUT2D eigenvalue weighted by atomic mass is 10.2. The Morgan fingerprint density at radius 3 is 2.64 bits per heavy atom. The zero-order chi connectivity index (χ0) is 7.52. The maximum absolute atomic E-state index is 5.25. The molecule has 0 bridgehead atoms. The normalized spacial score (nSPS) is 34.4. The van der Waals surface area contributed by atoms with Crippen molar-refractivity contribution < 1.29 is 14.2 Å². The monoisotopic (exact) mass is 159 g/mol. The van der Waals surface area contributed by atoms with Crippen LogP contribution in [0.3, 0.4) is 0 Å². The summed E-state index contributed by atoms with van der Waals surface area (Å²) in [6, 6.07) is 0.374. The van der Waals surface area contributed by atoms with Crippen LogP contribution in [0.25, 0.3) is 0 Å². The zero-order valence-electron chi connectivity index (χ0n) is 6.41. The van der Waals surface area contributed by atoms with E-state index >= 15 is 0 Å². The second-order valence-electron chi connectivity index (χ2n) is 2.84. The molecule has 2 rings (SSSR count). The van der Waals surface area contributed by atoms with Crippen LogP contribution in [0.15, 0.2) is 0 Å². The van der Waals surface area contributed by atoms with Crippen molar-refractivity contribution in [2.75, 3.05) is 20.1 Å². The highest BCUT2D eigenvalue weighted by atomic mass is 16.8. The maximum atomic E-state index is 5.25. The van der Waals surface area contributed by atoms with Crippen LogP contribution >= 0.6 is 0 Å². The van der Waals surface area contributed by atoms with Crippen molar-refractivity contribution in [3.63, 3.8) is 0 Å². The molecule has 0 spiro atoms. The van der Waals surface area contributed by atoms with Crippen molar-refractivity contribution in [3.8, 4) is 0 Å². The first-order chi connectivity index (χ1) is 5.47. The van der Waals surface area contributed by atoms with E-state index in [9.17, 15) is 0 Å². The minimum atomic E-state index is -0.0914. The largest absolute Gasteiger partial charge is 0.329 e. The molecule has 0 aromatic carbocycles. The minimum Gasteiger partial charge on any atom is -0.329 e. The SMILES string of the molecule is C1CNC(C2OCOCO2)C1. The van der Waals surface area contributed by atoms with Crippen LogP contribution in [0.1, 0.15) is 12.8 Å². The van der Waals surface area contributed by atoms with Crippen LogP contribution in [0.4, 0.5) is 0 Å². The second kappa shape index (κ2) is 3.49. The van der Waals surface area contributed by atoms with E-state index in [0.29, 0.717) is 19.6 Å². The maximum Gasteiger partial charge on any atom is 0.178 e. The quantitative estimate of drug-likeness (QED) is 0.586. The number of hydrogen-bond acceptors (Lipinski definition) is 4. The summed E-state index contributed by atoms with van der Waals surface area (Å²) in [4.78, 5) is 0. The molecule has 11 heavy (non-hydrogen) atoms. The van der Waals surface area contributed by atoms with Gasteiger partial charge in [-0.25, -0.2) is 0 Å². The van der Waals surface area contributed by atoms with Gasteiger partial charge in [0.05, 0.1) is 6.04 Å². The van der Waals surface area contributed by atoms with Crippen LogP contribution < -0.4 is 5.32 Å². The van der Waals surface area contributed by atoms with Crippen molar-refractivity contribution in [3.05, 3.63) is 0 Å². The fourth-order valence-electron chi connectivity index (χ4n) is 1.49. The molecular formula is C7H13NO3. The molecule has 0 aliphatic carbocycles. The molecular weight excluding hydrogens is 146 g/mol. The van der Waals surface area contributed by atoms with Gasteiger partial charge in [0, 0.05) is 0 Å². The molecule has 0 saturated carbocycles. The van der Waals surface area contributed by atoms with Crippen molar-refractivity contribution in [1.82, 2.24) is 5.32 Å². The molecule has 0 aromatic rings. The third kappa shape index (κ3) is 1.70. The van der Waals surface area contributed by atoms with E-state index in [4.69, 9.17) is 14.2 Å². The lowest BCUT2D eigenvalue weighted by Crippen LogP contribution is -2.42. The molecule has 0 amide bonds. The van der Waals surface area contributed by atoms with Gasteiger partial charge >= 0.3 is 0 Å². The third-order valence-corrected chi connectivity index (χ3v) is 2.06. The topological polar surface area (TPSA) is 39.7 Å². The second-order valence-corrected chi connectivity index (χ2v) is 2.84. The van der Waals surface area contributed by atoms with Gasteiger partial charge in [-0.15, -0.1) is 0 Å². The predicted molar refractivity (Wildman–Crippen MR) is 37.8 cm³/mol. The van der Waals surface area contributed by atoms with Crippen LogP contribution in [0.5, 0.6) is 0 Å². The Bertz CT molecular complexity index is 119. The first-order valence-electron chi connectivity index (χ1n) is 4.01. The summed E-state index contributed by atoms with van der Waals surface area (Å²) in [5, 5.41) is 3.32. The molecule has 4 heteroatoms. The molecule has 1 N–H and O–H groups in total. The summed E-state index contributed by atoms with van der Waals surface area (Å²) < 4.78 is 15.4. The standard InChI is InChI=1S/C7H13NO3/c1-2-6(8-3-1)7-10-4-9-5-11-7/h6-8H,1-5H2. The van der Waals surface area contributed by atoms with Crippen molar-refractivity contribution in [1.29, 1.82) is 0 Å². The molecule has 2 heterocycles. The molecule has 2 aliphatic rings. The summed E-state index contributed by atoms with van der Waals surface area (Å²) in [5.74, 6) is 0. The molecule has 0 aromatic heterocycles. The minimum absolute atomic E-state index is 0.0914. The fraction of sp³-hybridized carbons (Fsp3) is 1.00. The van der Waals surface area contributed by atoms with E-state index in [1.807, 2.05) is 0 Å². The van der Waals surface area contributed by atoms with Crippen LogP contribution in [-0.2, 0) is 14.2 Å². The van der Waals surface area contributed by atoms with Gasteiger partial charge in [0.1, 0.15) is 0 Å². The highest BCUT2D eigenvalue weighted by molar-refractivity contribution is 4.77. The summed E-state index contributed by atoms with van der Waals surface area (Å²) in [6.45, 7) is 1.81. The highest BCUT2D eigenvalue weighted by Gasteiger charge is 2.27. The molecule has 4 nitrogen and oxygen atoms in total. The van der Waals surface area contributed by atoms with Gasteiger partial charge in [-0.05, 0) is 19.4 Å². The first kappa shape index (κ1) is 7.49. The van der Waals surface area contributed by atoms with Gasteiger partial charge in [0.2, 0.25) is 0 Å². The molecule has 64 valence electrons. The number of nitrogens with one attached hydrogen (secondary N) is 1. The average molecular weight is 159 g/mol. The molecule has 0 radical (unpaired) electrons. The number of rotatable bonds is 1. The van der Waals surface area contributed by atoms with Gasteiger partial charge in [-0.2, -0.15) is 0 Å². The van der Waals surface area contributed by atoms with E-state index in [-0.39, 0.29) is 6.29 Å². The van der Waals surface area contributed by atoms with Crippen molar-refractivity contribution in [2.45, 2.75) is 25.2 Å². The summed E-state index contributed by atoms with van der Waals surface area (Å²) in [6.07, 6.45) is 2.27. The Labute approximate surface area is 65.8 Å². The lowest BCUT2D eigenvalue weighted by Gasteiger charge is -2.27. The molecule has 2 saturated heterocycles. The van der Waals surface area contributed by atoms with Gasteiger partial charge in [-0.3, -0.25) is 0 Å². The molecule has 1 unspecified atom stereocenters. The summed E-state index contributed by atoms with van der Waals surface area (Å²) >= 11 is 0. The lowest BCUT2D eigenvalue weighted by molar-refractivity contribution is -0.305. The third-order valence-electron chi connectivity index (χ3n) is 2.06. The van der Waals surface area contributed by atoms with Gasteiger partial charge in [-0.1, -0.05) is 0 Å². The van der Waals surface area contributed by atoms with Crippen molar-refractivity contribution in [2.24, 2.45) is 0 Å². The van der Waals surface area contributed by atoms with Gasteiger partial charge in [0.25, 0.3) is 0 Å². The highest BCUT2D eigenvalue weighted by Crippen LogP contribution is 2.15. The van der Waals surface area contributed by atoms with E-state index in [1.54, 1.807) is 0 Å². The Kier molecular flexibility index (Phi) is 2.38. The predicted octanol–water partition coefficient (Wildman–Crippen LogP) is 0.0429.